The average Bonchev–Trinajstić information content (AvgIpc) is 2.68. The van der Waals surface area contributed by atoms with Crippen molar-refractivity contribution in [3.8, 4) is 0 Å². The fourth-order valence-electron chi connectivity index (χ4n) is 4.30. The van der Waals surface area contributed by atoms with E-state index in [-0.39, 0.29) is 0 Å². The summed E-state index contributed by atoms with van der Waals surface area (Å²) < 4.78 is 2.27. The molecule has 0 saturated heterocycles. The van der Waals surface area contributed by atoms with Gasteiger partial charge in [0.15, 0.2) is 0 Å². The predicted molar refractivity (Wildman–Crippen MR) is 138 cm³/mol. The number of quaternary nitrogens is 2. The van der Waals surface area contributed by atoms with Crippen LogP contribution >= 0.6 is 0 Å². The van der Waals surface area contributed by atoms with Crippen LogP contribution in [0.5, 0.6) is 0 Å². The van der Waals surface area contributed by atoms with Crippen molar-refractivity contribution in [2.75, 3.05) is 54.9 Å². The van der Waals surface area contributed by atoms with Gasteiger partial charge in [-0.2, -0.15) is 0 Å². The molecule has 0 aliphatic rings. The lowest BCUT2D eigenvalue weighted by atomic mass is 10.0. The molecule has 0 aromatic heterocycles. The fraction of sp³-hybridized carbons (Fsp3) is 1.00. The van der Waals surface area contributed by atoms with Crippen molar-refractivity contribution < 1.29 is 8.97 Å². The van der Waals surface area contributed by atoms with Gasteiger partial charge >= 0.3 is 0 Å². The summed E-state index contributed by atoms with van der Waals surface area (Å²) in [5, 5.41) is 0. The van der Waals surface area contributed by atoms with Crippen molar-refractivity contribution in [1.29, 1.82) is 0 Å². The Kier molecular flexibility index (Phi) is 19.5. The van der Waals surface area contributed by atoms with Crippen LogP contribution < -0.4 is 0 Å². The molecule has 0 radical (unpaired) electrons. The lowest BCUT2D eigenvalue weighted by Crippen LogP contribution is -2.49. The van der Waals surface area contributed by atoms with E-state index in [0.29, 0.717) is 0 Å². The van der Waals surface area contributed by atoms with E-state index >= 15 is 0 Å². The minimum atomic E-state index is 1.08. The van der Waals surface area contributed by atoms with Crippen molar-refractivity contribution in [2.45, 2.75) is 129 Å². The van der Waals surface area contributed by atoms with Gasteiger partial charge < -0.3 is 8.97 Å². The Labute approximate surface area is 193 Å². The van der Waals surface area contributed by atoms with E-state index in [1.165, 1.54) is 146 Å². The molecular weight excluding hydrogens is 364 g/mol. The first kappa shape index (κ1) is 29.9. The molecule has 0 amide bonds. The number of likely N-dealkylation sites (N-methyl/N-ethyl adjacent to an activating group) is 2. The van der Waals surface area contributed by atoms with Gasteiger partial charge in [-0.3, -0.25) is 0 Å². The number of rotatable bonds is 23. The van der Waals surface area contributed by atoms with Gasteiger partial charge in [-0.15, -0.1) is 0 Å². The summed E-state index contributed by atoms with van der Waals surface area (Å²) in [7, 11) is 11.7. The second-order valence-electron chi connectivity index (χ2n) is 11.8. The monoisotopic (exact) mass is 426 g/mol. The second-order valence-corrected chi connectivity index (χ2v) is 11.8. The third-order valence-corrected chi connectivity index (χ3v) is 6.74. The van der Waals surface area contributed by atoms with Crippen LogP contribution in [0.2, 0.25) is 0 Å². The zero-order valence-corrected chi connectivity index (χ0v) is 22.5. The molecule has 0 bridgehead atoms. The third-order valence-electron chi connectivity index (χ3n) is 6.74. The van der Waals surface area contributed by atoms with Gasteiger partial charge in [0.1, 0.15) is 13.1 Å². The normalized spacial score (nSPS) is 12.6. The largest absolute Gasteiger partial charge is 0.326 e. The highest BCUT2D eigenvalue weighted by molar-refractivity contribution is 4.51. The molecule has 2 nitrogen and oxygen atoms in total. The van der Waals surface area contributed by atoms with Gasteiger partial charge in [0.05, 0.1) is 41.8 Å². The molecule has 182 valence electrons. The Morgan fingerprint density at radius 2 is 0.633 bits per heavy atom. The molecule has 0 aromatic rings. The first-order valence-electron chi connectivity index (χ1n) is 13.9. The maximum atomic E-state index is 2.41. The fourth-order valence-corrected chi connectivity index (χ4v) is 4.30. The molecule has 0 fully saturated rings. The van der Waals surface area contributed by atoms with Crippen LogP contribution in [0.1, 0.15) is 129 Å². The molecular formula is C28H62N2+2. The summed E-state index contributed by atoms with van der Waals surface area (Å²) in [5.41, 5.74) is 0. The summed E-state index contributed by atoms with van der Waals surface area (Å²) in [6.45, 7) is 6.21. The second kappa shape index (κ2) is 19.6. The Balaban J connectivity index is 3.23. The molecule has 2 heteroatoms. The zero-order chi connectivity index (χ0) is 22.6. The summed E-state index contributed by atoms with van der Waals surface area (Å²) in [6, 6.07) is 0. The first-order chi connectivity index (χ1) is 14.3. The lowest BCUT2D eigenvalue weighted by Gasteiger charge is -2.33. The van der Waals surface area contributed by atoms with Crippen molar-refractivity contribution >= 4 is 0 Å². The highest BCUT2D eigenvalue weighted by atomic mass is 15.4. The lowest BCUT2D eigenvalue weighted by molar-refractivity contribution is -0.937. The topological polar surface area (TPSA) is 0 Å². The summed E-state index contributed by atoms with van der Waals surface area (Å²) in [6.07, 6.45) is 27.8. The Morgan fingerprint density at radius 3 is 0.933 bits per heavy atom. The molecule has 0 spiro atoms. The number of unbranched alkanes of at least 4 members (excludes halogenated alkanes) is 18. The minimum absolute atomic E-state index is 1.08. The van der Waals surface area contributed by atoms with Crippen molar-refractivity contribution in [2.24, 2.45) is 0 Å². The molecule has 30 heavy (non-hydrogen) atoms. The molecule has 0 heterocycles. The highest BCUT2D eigenvalue weighted by Gasteiger charge is 2.19. The highest BCUT2D eigenvalue weighted by Crippen LogP contribution is 2.15. The van der Waals surface area contributed by atoms with E-state index in [2.05, 4.69) is 42.2 Å². The molecule has 0 aliphatic heterocycles. The number of hydrogen-bond donors (Lipinski definition) is 0. The Hall–Kier alpha value is -0.0800. The molecule has 0 rings (SSSR count). The summed E-state index contributed by atoms with van der Waals surface area (Å²) >= 11 is 0. The molecule has 0 atom stereocenters. The van der Waals surface area contributed by atoms with E-state index < -0.39 is 0 Å². The number of nitrogens with zero attached hydrogens (tertiary/aromatic N) is 2. The van der Waals surface area contributed by atoms with Crippen LogP contribution in [0.15, 0.2) is 0 Å². The minimum Gasteiger partial charge on any atom is -0.326 e. The van der Waals surface area contributed by atoms with E-state index in [0.717, 1.165) is 4.48 Å². The zero-order valence-electron chi connectivity index (χ0n) is 22.5. The first-order valence-corrected chi connectivity index (χ1v) is 13.9. The van der Waals surface area contributed by atoms with E-state index in [1.54, 1.807) is 0 Å². The van der Waals surface area contributed by atoms with E-state index in [4.69, 9.17) is 0 Å². The standard InChI is InChI=1S/C28H62N2/c1-7-8-9-10-11-12-13-14-15-16-17-18-19-20-21-22-23-24-25-26-30(5,6)28-27-29(2,3)4/h7-28H2,1-6H3/q+2. The van der Waals surface area contributed by atoms with Crippen LogP contribution in [0.25, 0.3) is 0 Å². The van der Waals surface area contributed by atoms with Crippen molar-refractivity contribution in [3.63, 3.8) is 0 Å². The average molecular weight is 427 g/mol. The van der Waals surface area contributed by atoms with Gasteiger partial charge in [-0.05, 0) is 12.8 Å². The number of hydrogen-bond acceptors (Lipinski definition) is 0. The van der Waals surface area contributed by atoms with Gasteiger partial charge in [-0.1, -0.05) is 116 Å². The van der Waals surface area contributed by atoms with Crippen LogP contribution in [-0.4, -0.2) is 63.8 Å². The van der Waals surface area contributed by atoms with Crippen LogP contribution in [0.3, 0.4) is 0 Å². The predicted octanol–water partition coefficient (Wildman–Crippen LogP) is 8.20. The molecule has 0 aliphatic carbocycles. The summed E-state index contributed by atoms with van der Waals surface area (Å²) in [4.78, 5) is 0. The van der Waals surface area contributed by atoms with Crippen LogP contribution in [0, 0.1) is 0 Å². The van der Waals surface area contributed by atoms with E-state index in [9.17, 15) is 0 Å². The van der Waals surface area contributed by atoms with Crippen LogP contribution in [-0.2, 0) is 0 Å². The molecule has 0 N–H and O–H groups in total. The Morgan fingerprint density at radius 1 is 0.333 bits per heavy atom. The smallest absolute Gasteiger partial charge is 0.128 e. The van der Waals surface area contributed by atoms with Crippen molar-refractivity contribution in [3.05, 3.63) is 0 Å². The van der Waals surface area contributed by atoms with Gasteiger partial charge in [0, 0.05) is 0 Å². The molecule has 0 saturated carbocycles. The van der Waals surface area contributed by atoms with Gasteiger partial charge in [0.25, 0.3) is 0 Å². The van der Waals surface area contributed by atoms with E-state index in [1.807, 2.05) is 0 Å². The van der Waals surface area contributed by atoms with Crippen molar-refractivity contribution in [1.82, 2.24) is 0 Å². The maximum absolute atomic E-state index is 2.41. The quantitative estimate of drug-likeness (QED) is 0.114. The third kappa shape index (κ3) is 24.2. The maximum Gasteiger partial charge on any atom is 0.128 e. The Bertz CT molecular complexity index is 343. The SMILES string of the molecule is CCCCCCCCCCCCCCCCCCCCC[N+](C)(C)CC[N+](C)(C)C. The molecule has 0 aromatic carbocycles. The molecule has 0 unspecified atom stereocenters. The van der Waals surface area contributed by atoms with Gasteiger partial charge in [-0.25, -0.2) is 0 Å². The van der Waals surface area contributed by atoms with Gasteiger partial charge in [0.2, 0.25) is 0 Å². The van der Waals surface area contributed by atoms with Crippen LogP contribution in [0.4, 0.5) is 0 Å². The summed E-state index contributed by atoms with van der Waals surface area (Å²) in [5.74, 6) is 0.